The number of para-hydroxylation sites is 6. The fraction of sp³-hybridized carbons (Fsp3) is 0.0400. The van der Waals surface area contributed by atoms with E-state index in [1.165, 1.54) is 0 Å². The van der Waals surface area contributed by atoms with Crippen LogP contribution >= 0.6 is 0 Å². The van der Waals surface area contributed by atoms with Crippen molar-refractivity contribution >= 4 is 78.0 Å². The first-order valence-electron chi connectivity index (χ1n) is 18.3. The van der Waals surface area contributed by atoms with E-state index >= 15 is 0 Å². The van der Waals surface area contributed by atoms with Gasteiger partial charge in [-0.15, -0.1) is 0 Å². The molecule has 2 heterocycles. The molecule has 2 aromatic heterocycles. The van der Waals surface area contributed by atoms with Gasteiger partial charge in [-0.05, 0) is 96.8 Å². The highest BCUT2D eigenvalue weighted by molar-refractivity contribution is 6.12. The summed E-state index contributed by atoms with van der Waals surface area (Å²) >= 11 is 0. The SMILES string of the molecule is Cc1cccc2c1oc1c(N(c3ccccc3)c3ccc(-c4ccc(N(c5ccccc5)c5cccc6c5oc5c(C)cccc56)cc4)cc3)cccc12. The minimum atomic E-state index is 0.877. The lowest BCUT2D eigenvalue weighted by molar-refractivity contribution is 0.665. The zero-order chi connectivity index (χ0) is 36.2. The summed E-state index contributed by atoms with van der Waals surface area (Å²) in [5.41, 5.74) is 14.4. The molecular weight excluding hydrogens is 661 g/mol. The molecule has 258 valence electrons. The van der Waals surface area contributed by atoms with Crippen molar-refractivity contribution in [2.24, 2.45) is 0 Å². The molecule has 0 fully saturated rings. The summed E-state index contributed by atoms with van der Waals surface area (Å²) in [4.78, 5) is 4.57. The van der Waals surface area contributed by atoms with E-state index in [0.29, 0.717) is 0 Å². The maximum atomic E-state index is 6.62. The zero-order valence-corrected chi connectivity index (χ0v) is 30.0. The number of aryl methyl sites for hydroxylation is 2. The molecule has 0 bridgehead atoms. The Kier molecular flexibility index (Phi) is 7.55. The molecule has 0 aliphatic carbocycles. The molecule has 0 spiro atoms. The Labute approximate surface area is 313 Å². The number of rotatable bonds is 7. The second kappa shape index (κ2) is 12.9. The lowest BCUT2D eigenvalue weighted by Gasteiger charge is -2.26. The minimum Gasteiger partial charge on any atom is -0.454 e. The molecule has 0 radical (unpaired) electrons. The molecule has 0 aliphatic heterocycles. The van der Waals surface area contributed by atoms with Crippen LogP contribution in [0.5, 0.6) is 0 Å². The predicted octanol–water partition coefficient (Wildman–Crippen LogP) is 14.7. The molecule has 0 saturated carbocycles. The smallest absolute Gasteiger partial charge is 0.159 e. The van der Waals surface area contributed by atoms with Crippen LogP contribution in [0.15, 0.2) is 191 Å². The maximum absolute atomic E-state index is 6.62. The highest BCUT2D eigenvalue weighted by Crippen LogP contribution is 2.45. The van der Waals surface area contributed by atoms with Gasteiger partial charge in [0, 0.05) is 44.3 Å². The van der Waals surface area contributed by atoms with Gasteiger partial charge >= 0.3 is 0 Å². The molecule has 0 atom stereocenters. The van der Waals surface area contributed by atoms with Crippen LogP contribution in [0.4, 0.5) is 34.1 Å². The topological polar surface area (TPSA) is 32.8 Å². The van der Waals surface area contributed by atoms with Crippen molar-refractivity contribution in [2.75, 3.05) is 9.80 Å². The molecule has 0 aliphatic rings. The second-order valence-corrected chi connectivity index (χ2v) is 13.9. The summed E-state index contributed by atoms with van der Waals surface area (Å²) < 4.78 is 13.2. The van der Waals surface area contributed by atoms with Crippen LogP contribution in [-0.2, 0) is 0 Å². The maximum Gasteiger partial charge on any atom is 0.159 e. The predicted molar refractivity (Wildman–Crippen MR) is 225 cm³/mol. The fourth-order valence-electron chi connectivity index (χ4n) is 7.86. The fourth-order valence-corrected chi connectivity index (χ4v) is 7.86. The van der Waals surface area contributed by atoms with Crippen LogP contribution in [0.3, 0.4) is 0 Å². The van der Waals surface area contributed by atoms with Crippen molar-refractivity contribution in [3.8, 4) is 11.1 Å². The van der Waals surface area contributed by atoms with Gasteiger partial charge in [0.05, 0.1) is 11.4 Å². The van der Waals surface area contributed by atoms with Gasteiger partial charge in [-0.3, -0.25) is 0 Å². The Morgan fingerprint density at radius 1 is 0.296 bits per heavy atom. The number of hydrogen-bond donors (Lipinski definition) is 0. The van der Waals surface area contributed by atoms with Gasteiger partial charge in [-0.25, -0.2) is 0 Å². The van der Waals surface area contributed by atoms with Gasteiger partial charge in [0.2, 0.25) is 0 Å². The largest absolute Gasteiger partial charge is 0.454 e. The van der Waals surface area contributed by atoms with Gasteiger partial charge in [0.25, 0.3) is 0 Å². The zero-order valence-electron chi connectivity index (χ0n) is 30.0. The van der Waals surface area contributed by atoms with Crippen LogP contribution in [0, 0.1) is 13.8 Å². The quantitative estimate of drug-likeness (QED) is 0.166. The van der Waals surface area contributed by atoms with Crippen molar-refractivity contribution in [3.05, 3.63) is 193 Å². The molecule has 0 N–H and O–H groups in total. The minimum absolute atomic E-state index is 0.877. The van der Waals surface area contributed by atoms with Gasteiger partial charge in [0.1, 0.15) is 11.2 Å². The molecule has 4 nitrogen and oxygen atoms in total. The summed E-state index contributed by atoms with van der Waals surface area (Å²) in [6, 6.07) is 64.1. The van der Waals surface area contributed by atoms with Crippen LogP contribution in [0.2, 0.25) is 0 Å². The number of anilines is 6. The van der Waals surface area contributed by atoms with Gasteiger partial charge < -0.3 is 18.6 Å². The van der Waals surface area contributed by atoms with E-state index in [1.54, 1.807) is 0 Å². The third kappa shape index (κ3) is 5.22. The van der Waals surface area contributed by atoms with E-state index in [4.69, 9.17) is 8.83 Å². The molecule has 4 heteroatoms. The van der Waals surface area contributed by atoms with Crippen molar-refractivity contribution < 1.29 is 8.83 Å². The number of nitrogens with zero attached hydrogens (tertiary/aromatic N) is 2. The van der Waals surface area contributed by atoms with E-state index < -0.39 is 0 Å². The average molecular weight is 697 g/mol. The number of furan rings is 2. The van der Waals surface area contributed by atoms with Crippen LogP contribution in [0.25, 0.3) is 55.0 Å². The Morgan fingerprint density at radius 3 is 1.02 bits per heavy atom. The normalized spacial score (nSPS) is 11.5. The number of fused-ring (bicyclic) bond motifs is 6. The van der Waals surface area contributed by atoms with E-state index in [9.17, 15) is 0 Å². The van der Waals surface area contributed by atoms with E-state index in [0.717, 1.165) is 100 Å². The van der Waals surface area contributed by atoms with Gasteiger partial charge in [-0.1, -0.05) is 121 Å². The second-order valence-electron chi connectivity index (χ2n) is 13.9. The number of benzene rings is 8. The van der Waals surface area contributed by atoms with Gasteiger partial charge in [-0.2, -0.15) is 0 Å². The van der Waals surface area contributed by atoms with Crippen LogP contribution in [0.1, 0.15) is 11.1 Å². The third-order valence-electron chi connectivity index (χ3n) is 10.5. The molecule has 8 aromatic carbocycles. The van der Waals surface area contributed by atoms with Crippen LogP contribution < -0.4 is 9.80 Å². The van der Waals surface area contributed by atoms with Crippen molar-refractivity contribution in [1.29, 1.82) is 0 Å². The highest BCUT2D eigenvalue weighted by Gasteiger charge is 2.21. The first-order valence-corrected chi connectivity index (χ1v) is 18.3. The molecule has 0 saturated heterocycles. The van der Waals surface area contributed by atoms with E-state index in [-0.39, 0.29) is 0 Å². The number of hydrogen-bond acceptors (Lipinski definition) is 4. The van der Waals surface area contributed by atoms with E-state index in [2.05, 4.69) is 206 Å². The molecular formula is C50H36N2O2. The summed E-state index contributed by atoms with van der Waals surface area (Å²) in [5.74, 6) is 0. The average Bonchev–Trinajstić information content (AvgIpc) is 3.81. The molecule has 10 rings (SSSR count). The summed E-state index contributed by atoms with van der Waals surface area (Å²) in [7, 11) is 0. The lowest BCUT2D eigenvalue weighted by Crippen LogP contribution is -2.10. The van der Waals surface area contributed by atoms with Crippen LogP contribution in [-0.4, -0.2) is 0 Å². The first kappa shape index (κ1) is 31.7. The molecule has 10 aromatic rings. The molecule has 54 heavy (non-hydrogen) atoms. The van der Waals surface area contributed by atoms with Crippen molar-refractivity contribution in [2.45, 2.75) is 13.8 Å². The van der Waals surface area contributed by atoms with Crippen molar-refractivity contribution in [1.82, 2.24) is 0 Å². The monoisotopic (exact) mass is 696 g/mol. The Morgan fingerprint density at radius 2 is 0.630 bits per heavy atom. The third-order valence-corrected chi connectivity index (χ3v) is 10.5. The Bertz CT molecular complexity index is 2740. The molecule has 0 amide bonds. The highest BCUT2D eigenvalue weighted by atomic mass is 16.3. The Balaban J connectivity index is 1.03. The van der Waals surface area contributed by atoms with Crippen molar-refractivity contribution in [3.63, 3.8) is 0 Å². The first-order chi connectivity index (χ1) is 26.6. The Hall–Kier alpha value is -7.04. The standard InChI is InChI=1S/C50H36N2O2/c1-33-13-9-19-41-43-21-11-23-45(49(43)53-47(33)41)51(37-15-5-3-6-16-37)39-29-25-35(26-30-39)36-27-31-40(32-28-36)52(38-17-7-4-8-18-38)46-24-12-22-44-42-20-10-14-34(2)48(42)54-50(44)46/h3-32H,1-2H3. The summed E-state index contributed by atoms with van der Waals surface area (Å²) in [5, 5.41) is 4.49. The van der Waals surface area contributed by atoms with Gasteiger partial charge in [0.15, 0.2) is 11.2 Å². The lowest BCUT2D eigenvalue weighted by atomic mass is 10.0. The molecule has 0 unspecified atom stereocenters. The summed E-state index contributed by atoms with van der Waals surface area (Å²) in [6.07, 6.45) is 0. The summed E-state index contributed by atoms with van der Waals surface area (Å²) in [6.45, 7) is 4.21. The van der Waals surface area contributed by atoms with E-state index in [1.807, 2.05) is 0 Å².